The summed E-state index contributed by atoms with van der Waals surface area (Å²) in [6.07, 6.45) is 1.53. The number of nitrogens with zero attached hydrogens (tertiary/aromatic N) is 1. The molecule has 0 amide bonds. The maximum Gasteiger partial charge on any atom is 0.191 e. The molecular weight excluding hydrogens is 166 g/mol. The molecule has 3 nitrogen and oxygen atoms in total. The summed E-state index contributed by atoms with van der Waals surface area (Å²) < 4.78 is 5.05. The normalized spacial score (nSPS) is 10.2. The van der Waals surface area contributed by atoms with Gasteiger partial charge in [-0.1, -0.05) is 12.1 Å². The van der Waals surface area contributed by atoms with Crippen LogP contribution in [0.5, 0.6) is 5.75 Å². The number of aromatic nitrogens is 1. The molecular formula is C10H9NO2. The predicted octanol–water partition coefficient (Wildman–Crippen LogP) is 2.36. The van der Waals surface area contributed by atoms with Crippen LogP contribution in [0.1, 0.15) is 5.89 Å². The first kappa shape index (κ1) is 7.86. The van der Waals surface area contributed by atoms with Crippen molar-refractivity contribution < 1.29 is 9.52 Å². The highest BCUT2D eigenvalue weighted by Gasteiger charge is 2.06. The summed E-state index contributed by atoms with van der Waals surface area (Å²) in [5, 5.41) is 9.49. The van der Waals surface area contributed by atoms with E-state index >= 15 is 0 Å². The number of oxazole rings is 1. The van der Waals surface area contributed by atoms with E-state index in [1.807, 2.05) is 6.07 Å². The molecule has 1 aromatic carbocycles. The number of hydrogen-bond donors (Lipinski definition) is 1. The summed E-state index contributed by atoms with van der Waals surface area (Å²) in [7, 11) is 0. The maximum atomic E-state index is 9.49. The minimum atomic E-state index is 0.218. The lowest BCUT2D eigenvalue weighted by molar-refractivity contribution is 0.477. The Morgan fingerprint density at radius 2 is 2.08 bits per heavy atom. The van der Waals surface area contributed by atoms with E-state index in [9.17, 15) is 5.11 Å². The Morgan fingerprint density at radius 3 is 2.69 bits per heavy atom. The van der Waals surface area contributed by atoms with Gasteiger partial charge < -0.3 is 9.52 Å². The van der Waals surface area contributed by atoms with Gasteiger partial charge in [0.25, 0.3) is 0 Å². The molecule has 0 aliphatic heterocycles. The van der Waals surface area contributed by atoms with Crippen LogP contribution in [-0.4, -0.2) is 10.1 Å². The van der Waals surface area contributed by atoms with Crippen LogP contribution in [0.15, 0.2) is 34.9 Å². The van der Waals surface area contributed by atoms with E-state index in [4.69, 9.17) is 4.42 Å². The van der Waals surface area contributed by atoms with E-state index in [1.165, 1.54) is 6.26 Å². The quantitative estimate of drug-likeness (QED) is 0.723. The third-order valence-electron chi connectivity index (χ3n) is 1.80. The van der Waals surface area contributed by atoms with Crippen LogP contribution in [0, 0.1) is 6.92 Å². The summed E-state index contributed by atoms with van der Waals surface area (Å²) >= 11 is 0. The summed E-state index contributed by atoms with van der Waals surface area (Å²) in [5.74, 6) is 0.814. The molecule has 0 atom stereocenters. The Balaban J connectivity index is 2.52. The van der Waals surface area contributed by atoms with Crippen molar-refractivity contribution in [2.75, 3.05) is 0 Å². The molecule has 3 heteroatoms. The van der Waals surface area contributed by atoms with Gasteiger partial charge in [-0.15, -0.1) is 0 Å². The van der Waals surface area contributed by atoms with Gasteiger partial charge in [0.1, 0.15) is 17.7 Å². The molecule has 0 unspecified atom stereocenters. The third-order valence-corrected chi connectivity index (χ3v) is 1.80. The van der Waals surface area contributed by atoms with Crippen molar-refractivity contribution in [3.63, 3.8) is 0 Å². The topological polar surface area (TPSA) is 46.3 Å². The first-order chi connectivity index (χ1) is 6.27. The number of benzene rings is 1. The molecule has 2 aromatic rings. The number of hydrogen-bond acceptors (Lipinski definition) is 3. The zero-order valence-corrected chi connectivity index (χ0v) is 7.19. The Hall–Kier alpha value is -1.77. The highest BCUT2D eigenvalue weighted by Crippen LogP contribution is 2.27. The Morgan fingerprint density at radius 1 is 1.31 bits per heavy atom. The summed E-state index contributed by atoms with van der Waals surface area (Å²) in [4.78, 5) is 4.12. The van der Waals surface area contributed by atoms with Gasteiger partial charge in [0.05, 0.1) is 0 Å². The van der Waals surface area contributed by atoms with E-state index in [1.54, 1.807) is 25.1 Å². The van der Waals surface area contributed by atoms with E-state index in [2.05, 4.69) is 4.98 Å². The van der Waals surface area contributed by atoms with Crippen LogP contribution in [0.3, 0.4) is 0 Å². The Kier molecular flexibility index (Phi) is 1.77. The number of phenolic OH excluding ortho intramolecular Hbond substituents is 1. The van der Waals surface area contributed by atoms with Crippen LogP contribution >= 0.6 is 0 Å². The van der Waals surface area contributed by atoms with E-state index < -0.39 is 0 Å². The lowest BCUT2D eigenvalue weighted by Gasteiger charge is -1.97. The van der Waals surface area contributed by atoms with Crippen molar-refractivity contribution in [2.24, 2.45) is 0 Å². The molecule has 0 spiro atoms. The molecule has 13 heavy (non-hydrogen) atoms. The molecule has 0 radical (unpaired) electrons. The van der Waals surface area contributed by atoms with Gasteiger partial charge in [-0.3, -0.25) is 0 Å². The molecule has 0 saturated heterocycles. The van der Waals surface area contributed by atoms with Gasteiger partial charge in [0, 0.05) is 12.5 Å². The van der Waals surface area contributed by atoms with Crippen molar-refractivity contribution in [1.82, 2.24) is 4.98 Å². The minimum absolute atomic E-state index is 0.218. The number of phenols is 1. The fourth-order valence-corrected chi connectivity index (χ4v) is 1.18. The molecule has 66 valence electrons. The lowest BCUT2D eigenvalue weighted by Crippen LogP contribution is -1.78. The minimum Gasteiger partial charge on any atom is -0.507 e. The number of aromatic hydroxyl groups is 1. The van der Waals surface area contributed by atoms with E-state index in [0.717, 1.165) is 0 Å². The molecule has 0 saturated carbocycles. The monoisotopic (exact) mass is 175 g/mol. The number of rotatable bonds is 1. The highest BCUT2D eigenvalue weighted by atomic mass is 16.3. The van der Waals surface area contributed by atoms with Crippen LogP contribution in [0.25, 0.3) is 11.3 Å². The second-order valence-corrected chi connectivity index (χ2v) is 2.77. The Bertz CT molecular complexity index is 420. The van der Waals surface area contributed by atoms with Crippen LogP contribution in [0.4, 0.5) is 0 Å². The van der Waals surface area contributed by atoms with E-state index in [-0.39, 0.29) is 5.75 Å². The average molecular weight is 175 g/mol. The smallest absolute Gasteiger partial charge is 0.191 e. The molecule has 2 rings (SSSR count). The fourth-order valence-electron chi connectivity index (χ4n) is 1.18. The van der Waals surface area contributed by atoms with Gasteiger partial charge in [0.2, 0.25) is 0 Å². The zero-order valence-electron chi connectivity index (χ0n) is 7.19. The van der Waals surface area contributed by atoms with Gasteiger partial charge in [0.15, 0.2) is 5.89 Å². The van der Waals surface area contributed by atoms with Crippen LogP contribution < -0.4 is 0 Å². The molecule has 0 aliphatic carbocycles. The van der Waals surface area contributed by atoms with E-state index in [0.29, 0.717) is 17.1 Å². The zero-order chi connectivity index (χ0) is 9.26. The first-order valence-electron chi connectivity index (χ1n) is 3.98. The van der Waals surface area contributed by atoms with Crippen molar-refractivity contribution in [3.05, 3.63) is 36.4 Å². The van der Waals surface area contributed by atoms with Crippen molar-refractivity contribution >= 4 is 0 Å². The SMILES string of the molecule is Cc1nc(-c2ccccc2O)co1. The molecule has 0 bridgehead atoms. The van der Waals surface area contributed by atoms with Crippen LogP contribution in [-0.2, 0) is 0 Å². The van der Waals surface area contributed by atoms with Gasteiger partial charge >= 0.3 is 0 Å². The highest BCUT2D eigenvalue weighted by molar-refractivity contribution is 5.65. The summed E-state index contributed by atoms with van der Waals surface area (Å²) in [5.41, 5.74) is 1.36. The van der Waals surface area contributed by atoms with Crippen molar-refractivity contribution in [1.29, 1.82) is 0 Å². The maximum absolute atomic E-state index is 9.49. The second-order valence-electron chi connectivity index (χ2n) is 2.77. The number of para-hydroxylation sites is 1. The predicted molar refractivity (Wildman–Crippen MR) is 48.3 cm³/mol. The standard InChI is InChI=1S/C10H9NO2/c1-7-11-9(6-13-7)8-4-2-3-5-10(8)12/h2-6,12H,1H3. The summed E-state index contributed by atoms with van der Waals surface area (Å²) in [6.45, 7) is 1.77. The van der Waals surface area contributed by atoms with Gasteiger partial charge in [-0.2, -0.15) is 0 Å². The number of aryl methyl sites for hydroxylation is 1. The van der Waals surface area contributed by atoms with Gasteiger partial charge in [-0.05, 0) is 12.1 Å². The molecule has 1 N–H and O–H groups in total. The molecule has 1 heterocycles. The molecule has 0 aliphatic rings. The van der Waals surface area contributed by atoms with Crippen molar-refractivity contribution in [2.45, 2.75) is 6.92 Å². The van der Waals surface area contributed by atoms with Crippen LogP contribution in [0.2, 0.25) is 0 Å². The molecule has 0 fully saturated rings. The molecule has 1 aromatic heterocycles. The largest absolute Gasteiger partial charge is 0.507 e. The lowest BCUT2D eigenvalue weighted by atomic mass is 10.1. The third kappa shape index (κ3) is 1.40. The average Bonchev–Trinajstić information content (AvgIpc) is 2.53. The fraction of sp³-hybridized carbons (Fsp3) is 0.100. The van der Waals surface area contributed by atoms with Gasteiger partial charge in [-0.25, -0.2) is 4.98 Å². The second kappa shape index (κ2) is 2.94. The summed E-state index contributed by atoms with van der Waals surface area (Å²) in [6, 6.07) is 7.04. The Labute approximate surface area is 75.7 Å². The van der Waals surface area contributed by atoms with Crippen molar-refractivity contribution in [3.8, 4) is 17.0 Å². The first-order valence-corrected chi connectivity index (χ1v) is 3.98.